The molecule has 1 atom stereocenters. The van der Waals surface area contributed by atoms with Crippen LogP contribution in [0.3, 0.4) is 0 Å². The summed E-state index contributed by atoms with van der Waals surface area (Å²) in [7, 11) is 3.57. The minimum Gasteiger partial charge on any atom is -0.497 e. The molecule has 5 rings (SSSR count). The molecule has 3 fully saturated rings. The number of benzene rings is 2. The molecule has 2 aromatic rings. The molecule has 11 heteroatoms. The number of piperazine rings is 1. The number of halogens is 2. The molecule has 9 nitrogen and oxygen atoms in total. The Bertz CT molecular complexity index is 1260. The summed E-state index contributed by atoms with van der Waals surface area (Å²) in [4.78, 5) is 48.3. The zero-order valence-electron chi connectivity index (χ0n) is 22.1. The van der Waals surface area contributed by atoms with Crippen LogP contribution in [0.4, 0.5) is 0 Å². The van der Waals surface area contributed by atoms with E-state index in [4.69, 9.17) is 32.7 Å². The predicted octanol–water partition coefficient (Wildman–Crippen LogP) is 3.25. The molecule has 3 amide bonds. The van der Waals surface area contributed by atoms with Gasteiger partial charge in [-0.15, -0.1) is 0 Å². The van der Waals surface area contributed by atoms with Gasteiger partial charge in [0, 0.05) is 63.2 Å². The number of nitrogens with zero attached hydrogens (tertiary/aromatic N) is 4. The molecule has 208 valence electrons. The minimum absolute atomic E-state index is 0.106. The molecule has 0 unspecified atom stereocenters. The summed E-state index contributed by atoms with van der Waals surface area (Å²) in [6, 6.07) is 11.0. The first kappa shape index (κ1) is 27.7. The van der Waals surface area contributed by atoms with Crippen LogP contribution in [-0.2, 0) is 9.53 Å². The molecule has 0 aliphatic carbocycles. The average molecular weight is 575 g/mol. The highest BCUT2D eigenvalue weighted by molar-refractivity contribution is 6.42. The topological polar surface area (TPSA) is 82.6 Å². The Hall–Kier alpha value is -2.85. The molecule has 0 radical (unpaired) electrons. The number of rotatable bonds is 4. The zero-order chi connectivity index (χ0) is 27.7. The van der Waals surface area contributed by atoms with E-state index >= 15 is 0 Å². The highest BCUT2D eigenvalue weighted by atomic mass is 35.5. The number of piperidine rings is 1. The summed E-state index contributed by atoms with van der Waals surface area (Å²) in [5.41, 5.74) is -0.133. The van der Waals surface area contributed by atoms with Gasteiger partial charge in [-0.3, -0.25) is 19.3 Å². The lowest BCUT2D eigenvalue weighted by Gasteiger charge is -2.45. The number of hydrogen-bond acceptors (Lipinski definition) is 6. The first-order valence-electron chi connectivity index (χ1n) is 13.1. The minimum atomic E-state index is -0.999. The lowest BCUT2D eigenvalue weighted by Crippen LogP contribution is -2.61. The van der Waals surface area contributed by atoms with Gasteiger partial charge in [0.1, 0.15) is 17.5 Å². The number of likely N-dealkylation sites (N-methyl/N-ethyl adjacent to an activating group) is 1. The van der Waals surface area contributed by atoms with Crippen molar-refractivity contribution in [3.63, 3.8) is 0 Å². The van der Waals surface area contributed by atoms with Gasteiger partial charge in [-0.05, 0) is 43.4 Å². The molecule has 0 N–H and O–H groups in total. The summed E-state index contributed by atoms with van der Waals surface area (Å²) in [5, 5.41) is 0.698. The van der Waals surface area contributed by atoms with Crippen LogP contribution < -0.4 is 4.74 Å². The van der Waals surface area contributed by atoms with Crippen LogP contribution in [0, 0.1) is 0 Å². The number of carbonyl (C=O) groups is 3. The molecule has 2 aromatic carbocycles. The quantitative estimate of drug-likeness (QED) is 0.557. The number of ether oxygens (including phenoxy) is 2. The molecule has 0 bridgehead atoms. The maximum atomic E-state index is 14.0. The second-order valence-electron chi connectivity index (χ2n) is 10.2. The van der Waals surface area contributed by atoms with Gasteiger partial charge in [0.25, 0.3) is 11.8 Å². The van der Waals surface area contributed by atoms with E-state index in [9.17, 15) is 14.4 Å². The molecule has 3 saturated heterocycles. The van der Waals surface area contributed by atoms with Crippen molar-refractivity contribution in [2.75, 3.05) is 60.0 Å². The number of methoxy groups -OCH3 is 1. The third-order valence-corrected chi connectivity index (χ3v) is 8.63. The maximum absolute atomic E-state index is 14.0. The smallest absolute Gasteiger partial charge is 0.257 e. The predicted molar refractivity (Wildman–Crippen MR) is 147 cm³/mol. The molecule has 0 aromatic heterocycles. The Morgan fingerprint density at radius 2 is 1.56 bits per heavy atom. The van der Waals surface area contributed by atoms with E-state index in [0.29, 0.717) is 65.9 Å². The summed E-state index contributed by atoms with van der Waals surface area (Å²) in [5.74, 6) is -0.00943. The van der Waals surface area contributed by atoms with Crippen molar-refractivity contribution in [3.8, 4) is 5.75 Å². The monoisotopic (exact) mass is 574 g/mol. The summed E-state index contributed by atoms with van der Waals surface area (Å²) >= 11 is 12.2. The van der Waals surface area contributed by atoms with Crippen LogP contribution in [-0.4, -0.2) is 109 Å². The Labute approximate surface area is 238 Å². The van der Waals surface area contributed by atoms with Gasteiger partial charge in [-0.2, -0.15) is 0 Å². The van der Waals surface area contributed by atoms with Gasteiger partial charge in [-0.1, -0.05) is 29.3 Å². The van der Waals surface area contributed by atoms with E-state index < -0.39 is 11.8 Å². The lowest BCUT2D eigenvalue weighted by atomic mass is 9.96. The fourth-order valence-corrected chi connectivity index (χ4v) is 5.86. The van der Waals surface area contributed by atoms with Gasteiger partial charge in [0.15, 0.2) is 0 Å². The van der Waals surface area contributed by atoms with Gasteiger partial charge < -0.3 is 24.2 Å². The number of hydrogen-bond donors (Lipinski definition) is 0. The zero-order valence-corrected chi connectivity index (χ0v) is 23.6. The second kappa shape index (κ2) is 11.3. The standard InChI is InChI=1S/C28H32Cl2N4O5/c1-31-12-14-33(15-13-31)27(37)24-18-39-28(34(24)26(36)19-4-3-5-21(16-19)38-2)8-10-32(11-9-28)25(35)20-6-7-22(29)23(30)17-20/h3-7,16-17,24H,8-15,18H2,1-2H3/t24-/m0/s1. The first-order valence-corrected chi connectivity index (χ1v) is 13.8. The van der Waals surface area contributed by atoms with Gasteiger partial charge in [0.2, 0.25) is 5.91 Å². The molecule has 39 heavy (non-hydrogen) atoms. The molecule has 3 aliphatic heterocycles. The first-order chi connectivity index (χ1) is 18.7. The van der Waals surface area contributed by atoms with Crippen LogP contribution in [0.5, 0.6) is 5.75 Å². The van der Waals surface area contributed by atoms with Crippen molar-refractivity contribution >= 4 is 40.9 Å². The average Bonchev–Trinajstić information content (AvgIpc) is 3.32. The van der Waals surface area contributed by atoms with Crippen molar-refractivity contribution in [1.82, 2.24) is 19.6 Å². The number of likely N-dealkylation sites (tertiary alicyclic amines) is 1. The van der Waals surface area contributed by atoms with Gasteiger partial charge in [-0.25, -0.2) is 0 Å². The summed E-state index contributed by atoms with van der Waals surface area (Å²) in [6.45, 7) is 3.59. The Morgan fingerprint density at radius 3 is 2.23 bits per heavy atom. The van der Waals surface area contributed by atoms with E-state index in [0.717, 1.165) is 13.1 Å². The SMILES string of the molecule is COc1cccc(C(=O)N2[C@H](C(=O)N3CCN(C)CC3)COC23CCN(C(=O)c2ccc(Cl)c(Cl)c2)CC3)c1. The van der Waals surface area contributed by atoms with E-state index in [2.05, 4.69) is 4.90 Å². The van der Waals surface area contributed by atoms with Crippen LogP contribution in [0.1, 0.15) is 33.6 Å². The third kappa shape index (κ3) is 5.45. The second-order valence-corrected chi connectivity index (χ2v) is 11.0. The highest BCUT2D eigenvalue weighted by Crippen LogP contribution is 2.39. The Morgan fingerprint density at radius 1 is 0.872 bits per heavy atom. The van der Waals surface area contributed by atoms with Gasteiger partial charge in [0.05, 0.1) is 23.8 Å². The molecular formula is C28H32Cl2N4O5. The van der Waals surface area contributed by atoms with Crippen molar-refractivity contribution in [3.05, 3.63) is 63.6 Å². The molecule has 3 heterocycles. The molecule has 3 aliphatic rings. The molecule has 0 saturated carbocycles. The number of carbonyl (C=O) groups excluding carboxylic acids is 3. The normalized spacial score (nSPS) is 21.3. The van der Waals surface area contributed by atoms with Gasteiger partial charge >= 0.3 is 0 Å². The molecular weight excluding hydrogens is 543 g/mol. The maximum Gasteiger partial charge on any atom is 0.257 e. The Balaban J connectivity index is 1.39. The van der Waals surface area contributed by atoms with E-state index in [1.165, 1.54) is 0 Å². The summed E-state index contributed by atoms with van der Waals surface area (Å²) < 4.78 is 11.7. The largest absolute Gasteiger partial charge is 0.497 e. The lowest BCUT2D eigenvalue weighted by molar-refractivity contribution is -0.139. The van der Waals surface area contributed by atoms with Crippen molar-refractivity contribution in [2.45, 2.75) is 24.6 Å². The van der Waals surface area contributed by atoms with Crippen LogP contribution in [0.25, 0.3) is 0 Å². The summed E-state index contributed by atoms with van der Waals surface area (Å²) in [6.07, 6.45) is 0.755. The highest BCUT2D eigenvalue weighted by Gasteiger charge is 2.55. The van der Waals surface area contributed by atoms with Crippen molar-refractivity contribution < 1.29 is 23.9 Å². The van der Waals surface area contributed by atoms with E-state index in [-0.39, 0.29) is 24.3 Å². The molecule has 1 spiro atoms. The fourth-order valence-electron chi connectivity index (χ4n) is 5.56. The van der Waals surface area contributed by atoms with Crippen molar-refractivity contribution in [1.29, 1.82) is 0 Å². The van der Waals surface area contributed by atoms with Crippen LogP contribution in [0.15, 0.2) is 42.5 Å². The van der Waals surface area contributed by atoms with Crippen LogP contribution >= 0.6 is 23.2 Å². The number of amides is 3. The Kier molecular flexibility index (Phi) is 8.05. The van der Waals surface area contributed by atoms with Crippen LogP contribution in [0.2, 0.25) is 10.0 Å². The third-order valence-electron chi connectivity index (χ3n) is 7.89. The van der Waals surface area contributed by atoms with E-state index in [1.807, 2.05) is 11.9 Å². The van der Waals surface area contributed by atoms with E-state index in [1.54, 1.807) is 59.4 Å². The van der Waals surface area contributed by atoms with Crippen molar-refractivity contribution in [2.24, 2.45) is 0 Å². The fraction of sp³-hybridized carbons (Fsp3) is 0.464.